The van der Waals surface area contributed by atoms with Crippen molar-refractivity contribution in [3.8, 4) is 0 Å². The molecule has 1 saturated heterocycles. The number of aromatic carboxylic acids is 1. The molecule has 1 amide bonds. The monoisotopic (exact) mass is 277 g/mol. The maximum Gasteiger partial charge on any atom is 0.337 e. The molecule has 0 aromatic heterocycles. The fourth-order valence-corrected chi connectivity index (χ4v) is 2.53. The van der Waals surface area contributed by atoms with Crippen LogP contribution in [-0.2, 0) is 4.79 Å². The summed E-state index contributed by atoms with van der Waals surface area (Å²) in [6, 6.07) is 5.03. The van der Waals surface area contributed by atoms with Crippen molar-refractivity contribution in [2.24, 2.45) is 5.92 Å². The Bertz CT molecular complexity index is 522. The maximum atomic E-state index is 11.6. The molecule has 0 unspecified atom stereocenters. The average molecular weight is 277 g/mol. The first-order chi connectivity index (χ1) is 9.52. The fourth-order valence-electron chi connectivity index (χ4n) is 2.53. The number of amides is 1. The van der Waals surface area contributed by atoms with Gasteiger partial charge in [0.25, 0.3) is 0 Å². The van der Waals surface area contributed by atoms with Crippen LogP contribution in [0.5, 0.6) is 0 Å². The Morgan fingerprint density at radius 3 is 2.55 bits per heavy atom. The van der Waals surface area contributed by atoms with E-state index >= 15 is 0 Å². The van der Waals surface area contributed by atoms with E-state index in [1.54, 1.807) is 19.2 Å². The average Bonchev–Trinajstić information content (AvgIpc) is 2.47. The highest BCUT2D eigenvalue weighted by molar-refractivity contribution is 5.94. The molecule has 6 heteroatoms. The molecule has 1 heterocycles. The van der Waals surface area contributed by atoms with Crippen LogP contribution in [0, 0.1) is 5.92 Å². The van der Waals surface area contributed by atoms with Crippen LogP contribution >= 0.6 is 0 Å². The summed E-state index contributed by atoms with van der Waals surface area (Å²) in [7, 11) is 1.65. The molecule has 0 atom stereocenters. The van der Waals surface area contributed by atoms with Crippen molar-refractivity contribution in [2.45, 2.75) is 12.8 Å². The molecule has 0 saturated carbocycles. The van der Waals surface area contributed by atoms with Crippen molar-refractivity contribution in [1.29, 1.82) is 0 Å². The quantitative estimate of drug-likeness (QED) is 0.714. The summed E-state index contributed by atoms with van der Waals surface area (Å²) < 4.78 is 0. The number of hydrogen-bond donors (Lipinski definition) is 3. The van der Waals surface area contributed by atoms with Gasteiger partial charge in [0.05, 0.1) is 5.56 Å². The van der Waals surface area contributed by atoms with Gasteiger partial charge in [-0.3, -0.25) is 4.79 Å². The van der Waals surface area contributed by atoms with E-state index in [-0.39, 0.29) is 23.1 Å². The number of hydrogen-bond acceptors (Lipinski definition) is 4. The van der Waals surface area contributed by atoms with Crippen LogP contribution in [0.25, 0.3) is 0 Å². The Balaban J connectivity index is 2.09. The second-order valence-electron chi connectivity index (χ2n) is 4.95. The van der Waals surface area contributed by atoms with E-state index in [0.717, 1.165) is 31.6 Å². The number of carboxylic acid groups (broad SMARTS) is 1. The molecule has 1 aromatic rings. The van der Waals surface area contributed by atoms with Crippen LogP contribution < -0.4 is 16.0 Å². The molecule has 1 fully saturated rings. The van der Waals surface area contributed by atoms with Crippen LogP contribution in [0.15, 0.2) is 18.2 Å². The maximum absolute atomic E-state index is 11.6. The van der Waals surface area contributed by atoms with Gasteiger partial charge >= 0.3 is 5.97 Å². The first-order valence-electron chi connectivity index (χ1n) is 6.62. The van der Waals surface area contributed by atoms with Gasteiger partial charge in [0, 0.05) is 37.4 Å². The molecule has 20 heavy (non-hydrogen) atoms. The fraction of sp³-hybridized carbons (Fsp3) is 0.429. The third-order valence-electron chi connectivity index (χ3n) is 3.74. The largest absolute Gasteiger partial charge is 0.478 e. The molecule has 0 aliphatic carbocycles. The van der Waals surface area contributed by atoms with Crippen LogP contribution in [0.2, 0.25) is 0 Å². The summed E-state index contributed by atoms with van der Waals surface area (Å²) in [4.78, 5) is 24.7. The number of rotatable bonds is 3. The Labute approximate surface area is 117 Å². The first kappa shape index (κ1) is 14.2. The summed E-state index contributed by atoms with van der Waals surface area (Å²) >= 11 is 0. The van der Waals surface area contributed by atoms with Gasteiger partial charge in [-0.2, -0.15) is 0 Å². The Morgan fingerprint density at radius 1 is 1.35 bits per heavy atom. The Kier molecular flexibility index (Phi) is 4.12. The molecule has 6 nitrogen and oxygen atoms in total. The lowest BCUT2D eigenvalue weighted by Crippen LogP contribution is -2.39. The minimum atomic E-state index is -1.02. The van der Waals surface area contributed by atoms with E-state index in [0.29, 0.717) is 0 Å². The Hall–Kier alpha value is -2.24. The second-order valence-corrected chi connectivity index (χ2v) is 4.95. The van der Waals surface area contributed by atoms with Crippen molar-refractivity contribution in [3.63, 3.8) is 0 Å². The number of nitrogens with one attached hydrogen (secondary N) is 1. The molecule has 0 radical (unpaired) electrons. The SMILES string of the molecule is CNC(=O)C1CCN(c2ccc(N)c(C(=O)O)c2)CC1. The van der Waals surface area contributed by atoms with E-state index in [4.69, 9.17) is 10.8 Å². The Morgan fingerprint density at radius 2 is 2.00 bits per heavy atom. The van der Waals surface area contributed by atoms with Gasteiger partial charge in [0.2, 0.25) is 5.91 Å². The molecule has 4 N–H and O–H groups in total. The van der Waals surface area contributed by atoms with Crippen LogP contribution in [0.1, 0.15) is 23.2 Å². The van der Waals surface area contributed by atoms with E-state index < -0.39 is 5.97 Å². The minimum absolute atomic E-state index is 0.0453. The number of piperidine rings is 1. The third-order valence-corrected chi connectivity index (χ3v) is 3.74. The van der Waals surface area contributed by atoms with Gasteiger partial charge in [-0.25, -0.2) is 4.79 Å². The number of anilines is 2. The number of nitrogens with zero attached hydrogens (tertiary/aromatic N) is 1. The molecule has 2 rings (SSSR count). The number of carbonyl (C=O) groups is 2. The number of carboxylic acids is 1. The van der Waals surface area contributed by atoms with Gasteiger partial charge in [-0.15, -0.1) is 0 Å². The molecular weight excluding hydrogens is 258 g/mol. The molecule has 1 aromatic carbocycles. The number of nitrogens with two attached hydrogens (primary N) is 1. The molecular formula is C14H19N3O3. The van der Waals surface area contributed by atoms with E-state index in [2.05, 4.69) is 10.2 Å². The molecule has 1 aliphatic rings. The molecule has 108 valence electrons. The van der Waals surface area contributed by atoms with Gasteiger partial charge in [0.1, 0.15) is 0 Å². The van der Waals surface area contributed by atoms with Crippen LogP contribution in [0.3, 0.4) is 0 Å². The zero-order valence-electron chi connectivity index (χ0n) is 11.4. The predicted octanol–water partition coefficient (Wildman–Crippen LogP) is 0.929. The van der Waals surface area contributed by atoms with Gasteiger partial charge in [-0.1, -0.05) is 0 Å². The first-order valence-corrected chi connectivity index (χ1v) is 6.62. The normalized spacial score (nSPS) is 15.9. The van der Waals surface area contributed by atoms with Crippen molar-refractivity contribution < 1.29 is 14.7 Å². The summed E-state index contributed by atoms with van der Waals surface area (Å²) in [6.45, 7) is 1.47. The van der Waals surface area contributed by atoms with E-state index in [9.17, 15) is 9.59 Å². The van der Waals surface area contributed by atoms with Crippen LogP contribution in [-0.4, -0.2) is 37.1 Å². The summed E-state index contributed by atoms with van der Waals surface area (Å²) in [6.07, 6.45) is 1.54. The number of nitrogen functional groups attached to an aromatic ring is 1. The smallest absolute Gasteiger partial charge is 0.337 e. The number of benzene rings is 1. The summed E-state index contributed by atoms with van der Waals surface area (Å²) in [5.74, 6) is -0.901. The summed E-state index contributed by atoms with van der Waals surface area (Å²) in [5.41, 5.74) is 6.87. The third kappa shape index (κ3) is 2.84. The van der Waals surface area contributed by atoms with Crippen molar-refractivity contribution >= 4 is 23.3 Å². The topological polar surface area (TPSA) is 95.7 Å². The minimum Gasteiger partial charge on any atom is -0.478 e. The highest BCUT2D eigenvalue weighted by atomic mass is 16.4. The lowest BCUT2D eigenvalue weighted by molar-refractivity contribution is -0.125. The van der Waals surface area contributed by atoms with E-state index in [1.165, 1.54) is 0 Å². The zero-order chi connectivity index (χ0) is 14.7. The van der Waals surface area contributed by atoms with E-state index in [1.807, 2.05) is 6.07 Å². The van der Waals surface area contributed by atoms with Gasteiger partial charge in [0.15, 0.2) is 0 Å². The van der Waals surface area contributed by atoms with Crippen LogP contribution in [0.4, 0.5) is 11.4 Å². The second kappa shape index (κ2) is 5.81. The lowest BCUT2D eigenvalue weighted by atomic mass is 9.95. The lowest BCUT2D eigenvalue weighted by Gasteiger charge is -2.33. The van der Waals surface area contributed by atoms with Gasteiger partial charge in [-0.05, 0) is 31.0 Å². The van der Waals surface area contributed by atoms with Gasteiger partial charge < -0.3 is 21.1 Å². The van der Waals surface area contributed by atoms with Crippen molar-refractivity contribution in [1.82, 2.24) is 5.32 Å². The highest BCUT2D eigenvalue weighted by Crippen LogP contribution is 2.26. The number of carbonyl (C=O) groups excluding carboxylic acids is 1. The standard InChI is InChI=1S/C14H19N3O3/c1-16-13(18)9-4-6-17(7-5-9)10-2-3-12(15)11(8-10)14(19)20/h2-3,8-9H,4-7,15H2,1H3,(H,16,18)(H,19,20). The molecule has 1 aliphatic heterocycles. The highest BCUT2D eigenvalue weighted by Gasteiger charge is 2.24. The molecule has 0 spiro atoms. The zero-order valence-corrected chi connectivity index (χ0v) is 11.4. The summed E-state index contributed by atoms with van der Waals surface area (Å²) in [5, 5.41) is 11.8. The van der Waals surface area contributed by atoms with Crippen molar-refractivity contribution in [3.05, 3.63) is 23.8 Å². The predicted molar refractivity (Wildman–Crippen MR) is 76.8 cm³/mol. The van der Waals surface area contributed by atoms with Crippen molar-refractivity contribution in [2.75, 3.05) is 30.8 Å². The molecule has 0 bridgehead atoms.